The lowest BCUT2D eigenvalue weighted by molar-refractivity contribution is 0.622. The molecule has 2 aromatic rings. The monoisotopic (exact) mass is 287 g/mol. The number of hydrogen-bond donors (Lipinski definition) is 1. The second-order valence-corrected chi connectivity index (χ2v) is 4.25. The Kier molecular flexibility index (Phi) is 2.70. The third-order valence-corrected chi connectivity index (χ3v) is 3.05. The Morgan fingerprint density at radius 3 is 2.87 bits per heavy atom. The van der Waals surface area contributed by atoms with Crippen LogP contribution in [0, 0.1) is 10.6 Å². The van der Waals surface area contributed by atoms with Gasteiger partial charge in [0.2, 0.25) is 0 Å². The standard InChI is InChI=1S/C9H7BrFN3S/c1-14-8(12-13-9(14)15)5-3-2-4-6(10)7(5)11/h2-4H,1H3,(H,13,15). The molecule has 6 heteroatoms. The summed E-state index contributed by atoms with van der Waals surface area (Å²) in [5, 5.41) is 6.59. The van der Waals surface area contributed by atoms with E-state index < -0.39 is 0 Å². The summed E-state index contributed by atoms with van der Waals surface area (Å²) in [6.45, 7) is 0. The first kappa shape index (κ1) is 10.5. The Bertz CT molecular complexity index is 561. The van der Waals surface area contributed by atoms with Gasteiger partial charge >= 0.3 is 0 Å². The van der Waals surface area contributed by atoms with Crippen molar-refractivity contribution in [1.82, 2.24) is 14.8 Å². The van der Waals surface area contributed by atoms with Gasteiger partial charge < -0.3 is 4.57 Å². The normalized spacial score (nSPS) is 10.6. The molecule has 1 N–H and O–H groups in total. The molecule has 15 heavy (non-hydrogen) atoms. The molecule has 0 atom stereocenters. The molecule has 1 aromatic carbocycles. The molecule has 0 radical (unpaired) electrons. The number of H-pyrrole nitrogens is 1. The lowest BCUT2D eigenvalue weighted by atomic mass is 10.2. The van der Waals surface area contributed by atoms with E-state index in [-0.39, 0.29) is 5.82 Å². The van der Waals surface area contributed by atoms with Crippen LogP contribution in [0.5, 0.6) is 0 Å². The van der Waals surface area contributed by atoms with Crippen molar-refractivity contribution in [2.24, 2.45) is 7.05 Å². The predicted molar refractivity (Wildman–Crippen MR) is 61.5 cm³/mol. The molecule has 0 unspecified atom stereocenters. The maximum absolute atomic E-state index is 13.7. The van der Waals surface area contributed by atoms with Gasteiger partial charge in [0.1, 0.15) is 5.82 Å². The Labute approximate surface area is 99.1 Å². The zero-order valence-corrected chi connectivity index (χ0v) is 10.2. The fourth-order valence-electron chi connectivity index (χ4n) is 1.26. The lowest BCUT2D eigenvalue weighted by Gasteiger charge is -2.03. The number of hydrogen-bond acceptors (Lipinski definition) is 2. The highest BCUT2D eigenvalue weighted by molar-refractivity contribution is 9.10. The molecule has 0 spiro atoms. The second kappa shape index (κ2) is 3.86. The van der Waals surface area contributed by atoms with Gasteiger partial charge in [-0.3, -0.25) is 5.10 Å². The highest BCUT2D eigenvalue weighted by atomic mass is 79.9. The minimum absolute atomic E-state index is 0.338. The van der Waals surface area contributed by atoms with Crippen LogP contribution >= 0.6 is 28.1 Å². The Balaban J connectivity index is 2.69. The first-order valence-corrected chi connectivity index (χ1v) is 5.37. The van der Waals surface area contributed by atoms with Gasteiger partial charge in [-0.05, 0) is 40.3 Å². The van der Waals surface area contributed by atoms with Gasteiger partial charge in [-0.15, -0.1) is 0 Å². The molecule has 1 aromatic heterocycles. The van der Waals surface area contributed by atoms with Crippen molar-refractivity contribution in [2.45, 2.75) is 0 Å². The summed E-state index contributed by atoms with van der Waals surface area (Å²) >= 11 is 8.09. The van der Waals surface area contributed by atoms with Crippen molar-refractivity contribution in [3.63, 3.8) is 0 Å². The summed E-state index contributed by atoms with van der Waals surface area (Å²) < 4.78 is 16.2. The van der Waals surface area contributed by atoms with Crippen molar-refractivity contribution in [2.75, 3.05) is 0 Å². The quantitative estimate of drug-likeness (QED) is 0.818. The molecule has 0 saturated heterocycles. The van der Waals surface area contributed by atoms with E-state index in [2.05, 4.69) is 26.1 Å². The van der Waals surface area contributed by atoms with Crippen molar-refractivity contribution in [3.8, 4) is 11.4 Å². The van der Waals surface area contributed by atoms with Gasteiger partial charge in [0.15, 0.2) is 10.6 Å². The van der Waals surface area contributed by atoms with Crippen molar-refractivity contribution >= 4 is 28.1 Å². The average molecular weight is 288 g/mol. The van der Waals surface area contributed by atoms with Crippen LogP contribution in [0.25, 0.3) is 11.4 Å². The van der Waals surface area contributed by atoms with Gasteiger partial charge in [-0.2, -0.15) is 5.10 Å². The van der Waals surface area contributed by atoms with E-state index >= 15 is 0 Å². The SMILES string of the molecule is Cn1c(-c2cccc(Br)c2F)n[nH]c1=S. The third kappa shape index (κ3) is 1.74. The number of nitrogens with one attached hydrogen (secondary N) is 1. The van der Waals surface area contributed by atoms with Crippen LogP contribution in [-0.4, -0.2) is 14.8 Å². The number of rotatable bonds is 1. The maximum Gasteiger partial charge on any atom is 0.195 e. The molecule has 0 fully saturated rings. The molecule has 78 valence electrons. The summed E-state index contributed by atoms with van der Waals surface area (Å²) in [5.41, 5.74) is 0.416. The summed E-state index contributed by atoms with van der Waals surface area (Å²) in [6, 6.07) is 5.05. The molecular formula is C9H7BrFN3S. The minimum atomic E-state index is -0.338. The van der Waals surface area contributed by atoms with E-state index in [9.17, 15) is 4.39 Å². The third-order valence-electron chi connectivity index (χ3n) is 2.07. The van der Waals surface area contributed by atoms with Crippen LogP contribution in [0.1, 0.15) is 0 Å². The van der Waals surface area contributed by atoms with Gasteiger partial charge in [-0.1, -0.05) is 6.07 Å². The zero-order chi connectivity index (χ0) is 11.0. The van der Waals surface area contributed by atoms with Crippen molar-refractivity contribution < 1.29 is 4.39 Å². The van der Waals surface area contributed by atoms with Crippen molar-refractivity contribution in [1.29, 1.82) is 0 Å². The predicted octanol–water partition coefficient (Wildman–Crippen LogP) is 3.05. The van der Waals surface area contributed by atoms with Gasteiger partial charge in [0, 0.05) is 7.05 Å². The molecule has 0 bridgehead atoms. The van der Waals surface area contributed by atoms with Crippen LogP contribution in [0.3, 0.4) is 0 Å². The zero-order valence-electron chi connectivity index (χ0n) is 7.79. The molecule has 2 rings (SSSR count). The number of aromatic nitrogens is 3. The summed E-state index contributed by atoms with van der Waals surface area (Å²) in [6.07, 6.45) is 0. The molecular weight excluding hydrogens is 281 g/mol. The van der Waals surface area contributed by atoms with Crippen LogP contribution in [0.4, 0.5) is 4.39 Å². The lowest BCUT2D eigenvalue weighted by Crippen LogP contribution is -1.95. The average Bonchev–Trinajstić information content (AvgIpc) is 2.53. The van der Waals surface area contributed by atoms with E-state index in [1.165, 1.54) is 0 Å². The Hall–Kier alpha value is -1.01. The van der Waals surface area contributed by atoms with Gasteiger partial charge in [-0.25, -0.2) is 4.39 Å². The molecule has 0 aliphatic rings. The van der Waals surface area contributed by atoms with E-state index in [1.807, 2.05) is 0 Å². The highest BCUT2D eigenvalue weighted by Gasteiger charge is 2.12. The first-order valence-electron chi connectivity index (χ1n) is 4.17. The highest BCUT2D eigenvalue weighted by Crippen LogP contribution is 2.25. The molecule has 3 nitrogen and oxygen atoms in total. The molecule has 1 heterocycles. The van der Waals surface area contributed by atoms with Gasteiger partial charge in [0.25, 0.3) is 0 Å². The molecule has 0 aliphatic carbocycles. The molecule has 0 amide bonds. The van der Waals surface area contributed by atoms with Gasteiger partial charge in [0.05, 0.1) is 10.0 Å². The summed E-state index contributed by atoms with van der Waals surface area (Å²) in [4.78, 5) is 0. The fraction of sp³-hybridized carbons (Fsp3) is 0.111. The van der Waals surface area contributed by atoms with Crippen LogP contribution in [0.2, 0.25) is 0 Å². The fourth-order valence-corrected chi connectivity index (χ4v) is 1.76. The second-order valence-electron chi connectivity index (χ2n) is 3.01. The topological polar surface area (TPSA) is 33.6 Å². The van der Waals surface area contributed by atoms with Crippen LogP contribution < -0.4 is 0 Å². The van der Waals surface area contributed by atoms with Crippen LogP contribution in [-0.2, 0) is 7.05 Å². The Morgan fingerprint density at radius 1 is 1.53 bits per heavy atom. The van der Waals surface area contributed by atoms with E-state index in [4.69, 9.17) is 12.2 Å². The van der Waals surface area contributed by atoms with E-state index in [1.54, 1.807) is 29.8 Å². The smallest absolute Gasteiger partial charge is 0.195 e. The maximum atomic E-state index is 13.7. The number of halogens is 2. The van der Waals surface area contributed by atoms with Crippen molar-refractivity contribution in [3.05, 3.63) is 33.3 Å². The Morgan fingerprint density at radius 2 is 2.27 bits per heavy atom. The summed E-state index contributed by atoms with van der Waals surface area (Å²) in [5.74, 6) is 0.147. The van der Waals surface area contributed by atoms with E-state index in [0.29, 0.717) is 20.6 Å². The minimum Gasteiger partial charge on any atom is -0.303 e. The number of aromatic amines is 1. The summed E-state index contributed by atoms with van der Waals surface area (Å²) in [7, 11) is 1.74. The first-order chi connectivity index (χ1) is 7.11. The van der Waals surface area contributed by atoms with E-state index in [0.717, 1.165) is 0 Å². The largest absolute Gasteiger partial charge is 0.303 e. The number of benzene rings is 1. The molecule has 0 saturated carbocycles. The van der Waals surface area contributed by atoms with Crippen LogP contribution in [0.15, 0.2) is 22.7 Å². The number of nitrogens with zero attached hydrogens (tertiary/aromatic N) is 2. The molecule has 0 aliphatic heterocycles.